The van der Waals surface area contributed by atoms with Crippen molar-refractivity contribution in [3.8, 4) is 0 Å². The summed E-state index contributed by atoms with van der Waals surface area (Å²) in [5.41, 5.74) is 0.797. The first-order valence-corrected chi connectivity index (χ1v) is 9.71. The highest BCUT2D eigenvalue weighted by Gasteiger charge is 2.91. The Morgan fingerprint density at radius 2 is 2.00 bits per heavy atom. The molecule has 6 bridgehead atoms. The lowest BCUT2D eigenvalue weighted by atomic mass is 9.46. The van der Waals surface area contributed by atoms with E-state index in [0.717, 1.165) is 38.3 Å². The van der Waals surface area contributed by atoms with Gasteiger partial charge in [0, 0.05) is 35.4 Å². The number of aliphatic carboxylic acids is 1. The van der Waals surface area contributed by atoms with Gasteiger partial charge in [0.25, 0.3) is 0 Å². The van der Waals surface area contributed by atoms with Crippen molar-refractivity contribution >= 4 is 5.97 Å². The van der Waals surface area contributed by atoms with Crippen LogP contribution >= 0.6 is 0 Å². The molecule has 8 rings (SSSR count). The van der Waals surface area contributed by atoms with Crippen LogP contribution < -0.4 is 0 Å². The van der Waals surface area contributed by atoms with Gasteiger partial charge in [-0.15, -0.1) is 0 Å². The van der Waals surface area contributed by atoms with Crippen LogP contribution in [0.25, 0.3) is 0 Å². The molecule has 8 aliphatic rings. The van der Waals surface area contributed by atoms with Crippen molar-refractivity contribution in [3.05, 3.63) is 0 Å². The van der Waals surface area contributed by atoms with Gasteiger partial charge < -0.3 is 9.84 Å². The van der Waals surface area contributed by atoms with Crippen LogP contribution in [0.4, 0.5) is 0 Å². The summed E-state index contributed by atoms with van der Waals surface area (Å²) in [6.07, 6.45) is 8.34. The Kier molecular flexibility index (Phi) is 1.79. The highest BCUT2D eigenvalue weighted by atomic mass is 16.5. The van der Waals surface area contributed by atoms with E-state index in [4.69, 9.17) is 4.74 Å². The monoisotopic (exact) mass is 315 g/mol. The van der Waals surface area contributed by atoms with Crippen LogP contribution in [0.2, 0.25) is 0 Å². The summed E-state index contributed by atoms with van der Waals surface area (Å²) in [6, 6.07) is 0.671. The Labute approximate surface area is 136 Å². The molecule has 4 saturated heterocycles. The number of fused-ring (bicyclic) bond motifs is 2. The highest BCUT2D eigenvalue weighted by Crippen LogP contribution is 2.88. The van der Waals surface area contributed by atoms with Crippen LogP contribution in [0.1, 0.15) is 44.9 Å². The van der Waals surface area contributed by atoms with Crippen LogP contribution in [-0.2, 0) is 9.53 Å². The number of hydrogen-bond acceptors (Lipinski definition) is 3. The van der Waals surface area contributed by atoms with Crippen molar-refractivity contribution in [3.63, 3.8) is 0 Å². The largest absolute Gasteiger partial charge is 0.481 e. The molecule has 9 atom stereocenters. The summed E-state index contributed by atoms with van der Waals surface area (Å²) in [5.74, 6) is 0.526. The van der Waals surface area contributed by atoms with Gasteiger partial charge in [-0.2, -0.15) is 0 Å². The summed E-state index contributed by atoms with van der Waals surface area (Å²) in [7, 11) is 0. The van der Waals surface area contributed by atoms with E-state index in [1.807, 2.05) is 0 Å². The average molecular weight is 315 g/mol. The van der Waals surface area contributed by atoms with Crippen molar-refractivity contribution < 1.29 is 14.6 Å². The summed E-state index contributed by atoms with van der Waals surface area (Å²) in [4.78, 5) is 15.0. The number of nitrogens with zero attached hydrogens (tertiary/aromatic N) is 1. The maximum Gasteiger partial charge on any atom is 0.306 e. The van der Waals surface area contributed by atoms with Gasteiger partial charge in [0.2, 0.25) is 0 Å². The first-order valence-electron chi connectivity index (χ1n) is 9.71. The molecule has 4 spiro atoms. The number of carboxylic acid groups (broad SMARTS) is 1. The summed E-state index contributed by atoms with van der Waals surface area (Å²) in [6.45, 7) is 3.38. The van der Waals surface area contributed by atoms with Crippen LogP contribution in [0.3, 0.4) is 0 Å². The third-order valence-corrected chi connectivity index (χ3v) is 10.4. The van der Waals surface area contributed by atoms with E-state index in [0.29, 0.717) is 17.4 Å². The third kappa shape index (κ3) is 0.884. The maximum absolute atomic E-state index is 12.1. The van der Waals surface area contributed by atoms with E-state index in [-0.39, 0.29) is 22.3 Å². The molecule has 4 aliphatic heterocycles. The van der Waals surface area contributed by atoms with Crippen molar-refractivity contribution in [1.82, 2.24) is 4.90 Å². The second-order valence-corrected chi connectivity index (χ2v) is 9.90. The SMILES string of the molecule is O=C(O)[C@@H]1C[C@]23[C@@H]4CC[C@]25CO[C@@]26CCC5CN4C[C@]23[C@@H]1CC6. The molecule has 23 heavy (non-hydrogen) atoms. The lowest BCUT2D eigenvalue weighted by molar-refractivity contribution is -0.252. The topological polar surface area (TPSA) is 49.8 Å². The molecule has 0 aromatic rings. The molecule has 0 amide bonds. The van der Waals surface area contributed by atoms with Gasteiger partial charge in [-0.3, -0.25) is 9.69 Å². The number of carboxylic acids is 1. The number of hydrogen-bond donors (Lipinski definition) is 1. The molecule has 0 radical (unpaired) electrons. The molecule has 124 valence electrons. The van der Waals surface area contributed by atoms with Gasteiger partial charge in [-0.25, -0.2) is 0 Å². The number of piperidine rings is 1. The lowest BCUT2D eigenvalue weighted by Crippen LogP contribution is -2.66. The predicted octanol–water partition coefficient (Wildman–Crippen LogP) is 2.13. The fraction of sp³-hybridized carbons (Fsp3) is 0.947. The van der Waals surface area contributed by atoms with Crippen molar-refractivity contribution in [2.45, 2.75) is 56.6 Å². The first-order chi connectivity index (χ1) is 11.1. The normalized spacial score (nSPS) is 69.3. The Balaban J connectivity index is 1.61. The number of ether oxygens (including phenoxy) is 1. The van der Waals surface area contributed by atoms with Crippen LogP contribution in [0, 0.1) is 34.0 Å². The molecule has 4 saturated carbocycles. The summed E-state index contributed by atoms with van der Waals surface area (Å²) < 4.78 is 6.82. The molecule has 4 nitrogen and oxygen atoms in total. The second kappa shape index (κ2) is 3.24. The minimum absolute atomic E-state index is 0.0257. The number of carbonyl (C=O) groups is 1. The van der Waals surface area contributed by atoms with Crippen molar-refractivity contribution in [2.75, 3.05) is 19.7 Å². The van der Waals surface area contributed by atoms with Crippen molar-refractivity contribution in [2.24, 2.45) is 34.0 Å². The molecule has 0 aromatic carbocycles. The smallest absolute Gasteiger partial charge is 0.306 e. The molecule has 1 N–H and O–H groups in total. The molecule has 4 heteroatoms. The first kappa shape index (κ1) is 12.7. The van der Waals surface area contributed by atoms with Gasteiger partial charge in [-0.1, -0.05) is 0 Å². The molecule has 8 fully saturated rings. The molecule has 4 aliphatic carbocycles. The van der Waals surface area contributed by atoms with Crippen LogP contribution in [0.15, 0.2) is 0 Å². The quantitative estimate of drug-likeness (QED) is 0.805. The molecule has 4 heterocycles. The zero-order valence-corrected chi connectivity index (χ0v) is 13.6. The fourth-order valence-corrected chi connectivity index (χ4v) is 10.2. The van der Waals surface area contributed by atoms with E-state index >= 15 is 0 Å². The molecular weight excluding hydrogens is 290 g/mol. The van der Waals surface area contributed by atoms with Gasteiger partial charge in [-0.05, 0) is 56.8 Å². The van der Waals surface area contributed by atoms with Crippen LogP contribution in [-0.4, -0.2) is 47.3 Å². The van der Waals surface area contributed by atoms with Crippen molar-refractivity contribution in [1.29, 1.82) is 0 Å². The Hall–Kier alpha value is -0.610. The third-order valence-electron chi connectivity index (χ3n) is 10.4. The predicted molar refractivity (Wildman–Crippen MR) is 81.8 cm³/mol. The van der Waals surface area contributed by atoms with E-state index in [2.05, 4.69) is 4.90 Å². The minimum Gasteiger partial charge on any atom is -0.481 e. The molecular formula is C19H25NO3. The minimum atomic E-state index is -0.514. The van der Waals surface area contributed by atoms with E-state index in [9.17, 15) is 9.90 Å². The number of rotatable bonds is 1. The zero-order chi connectivity index (χ0) is 15.2. The summed E-state index contributed by atoms with van der Waals surface area (Å²) in [5, 5.41) is 10.0. The Bertz CT molecular complexity index is 665. The zero-order valence-electron chi connectivity index (χ0n) is 13.6. The lowest BCUT2D eigenvalue weighted by Gasteiger charge is -2.62. The fourth-order valence-electron chi connectivity index (χ4n) is 10.2. The van der Waals surface area contributed by atoms with Crippen LogP contribution in [0.5, 0.6) is 0 Å². The summed E-state index contributed by atoms with van der Waals surface area (Å²) >= 11 is 0. The van der Waals surface area contributed by atoms with E-state index in [1.54, 1.807) is 0 Å². The maximum atomic E-state index is 12.1. The van der Waals surface area contributed by atoms with E-state index in [1.165, 1.54) is 32.2 Å². The van der Waals surface area contributed by atoms with Gasteiger partial charge >= 0.3 is 5.97 Å². The van der Waals surface area contributed by atoms with E-state index < -0.39 is 5.97 Å². The van der Waals surface area contributed by atoms with Gasteiger partial charge in [0.05, 0.1) is 18.1 Å². The second-order valence-electron chi connectivity index (χ2n) is 9.90. The standard InChI is InChI=1S/C19H25NO3/c21-15(22)12-7-18-14-3-4-16(18)10-23-17-5-1-11(16)8-20(14)9-19(17,18)13(12)2-6-17/h11-14H,1-10H2,(H,21,22)/t11?,12-,13-,14+,16-,17-,18+,19+/m1/s1. The molecule has 0 aromatic heterocycles. The highest BCUT2D eigenvalue weighted by molar-refractivity contribution is 5.72. The molecule has 2 unspecified atom stereocenters. The van der Waals surface area contributed by atoms with Gasteiger partial charge in [0.1, 0.15) is 0 Å². The Morgan fingerprint density at radius 1 is 1.13 bits per heavy atom. The Morgan fingerprint density at radius 3 is 2.87 bits per heavy atom. The van der Waals surface area contributed by atoms with Gasteiger partial charge in [0.15, 0.2) is 0 Å². The average Bonchev–Trinajstić information content (AvgIpc) is 3.09.